The number of thiophene rings is 1. The Labute approximate surface area is 338 Å². The number of hydrogen-bond donors (Lipinski definition) is 4. The molecule has 0 saturated heterocycles. The van der Waals surface area contributed by atoms with Crippen molar-refractivity contribution in [3.63, 3.8) is 0 Å². The topological polar surface area (TPSA) is 167 Å². The third-order valence-corrected chi connectivity index (χ3v) is 13.1. The summed E-state index contributed by atoms with van der Waals surface area (Å²) < 4.78 is 55.7. The van der Waals surface area contributed by atoms with E-state index < -0.39 is 32.0 Å². The minimum atomic E-state index is -3.68. The van der Waals surface area contributed by atoms with Crippen molar-refractivity contribution in [2.24, 2.45) is 0 Å². The molecule has 0 spiro atoms. The summed E-state index contributed by atoms with van der Waals surface area (Å²) in [5, 5.41) is 19.6. The lowest BCUT2D eigenvalue weighted by molar-refractivity contribution is 0.0686. The molecule has 0 aliphatic heterocycles. The molecule has 57 heavy (non-hydrogen) atoms. The molecule has 0 saturated carbocycles. The summed E-state index contributed by atoms with van der Waals surface area (Å²) in [5.41, 5.74) is 6.63. The molecule has 1 aromatic heterocycles. The third-order valence-electron chi connectivity index (χ3n) is 8.96. The van der Waals surface area contributed by atoms with Gasteiger partial charge in [-0.2, -0.15) is 0 Å². The Bertz CT molecular complexity index is 2510. The monoisotopic (exact) mass is 824 g/mol. The first kappa shape index (κ1) is 42.4. The van der Waals surface area contributed by atoms with Crippen LogP contribution < -0.4 is 9.44 Å². The van der Waals surface area contributed by atoms with Gasteiger partial charge in [0.15, 0.2) is 0 Å². The summed E-state index contributed by atoms with van der Waals surface area (Å²) in [6.07, 6.45) is 2.90. The third kappa shape index (κ3) is 12.4. The molecule has 1 heterocycles. The molecular weight excluding hydrogens is 781 g/mol. The van der Waals surface area contributed by atoms with Gasteiger partial charge in [-0.1, -0.05) is 87.5 Å². The SMILES string of the molecule is CC(C)(C)c1ccc(S(=O)(=O)Nc2cccc(CCc3ccc(C(=O)O)cc3)c2)cc1.O=C(O)c1ccc(CCc2cccc(NS(=O)(=O)c3cccs3)c2)cc1. The minimum absolute atomic E-state index is 0.0437. The van der Waals surface area contributed by atoms with Crippen LogP contribution in [0.4, 0.5) is 11.4 Å². The predicted molar refractivity (Wildman–Crippen MR) is 226 cm³/mol. The molecule has 0 unspecified atom stereocenters. The van der Waals surface area contributed by atoms with Crippen LogP contribution in [0, 0.1) is 0 Å². The largest absolute Gasteiger partial charge is 0.478 e. The van der Waals surface area contributed by atoms with Gasteiger partial charge < -0.3 is 10.2 Å². The number of anilines is 2. The Balaban J connectivity index is 0.000000221. The quantitative estimate of drug-likeness (QED) is 0.0843. The molecule has 0 amide bonds. The molecule has 5 aromatic carbocycles. The highest BCUT2D eigenvalue weighted by Gasteiger charge is 2.18. The fourth-order valence-corrected chi connectivity index (χ4v) is 8.85. The van der Waals surface area contributed by atoms with Crippen molar-refractivity contribution in [2.75, 3.05) is 9.44 Å². The molecular formula is C44H44N2O8S3. The average Bonchev–Trinajstić information content (AvgIpc) is 3.74. The first-order chi connectivity index (χ1) is 27.0. The number of rotatable bonds is 14. The van der Waals surface area contributed by atoms with Gasteiger partial charge in [0.25, 0.3) is 20.0 Å². The van der Waals surface area contributed by atoms with E-state index in [4.69, 9.17) is 10.2 Å². The summed E-state index contributed by atoms with van der Waals surface area (Å²) in [5.74, 6) is -1.89. The van der Waals surface area contributed by atoms with Crippen molar-refractivity contribution in [2.45, 2.75) is 61.0 Å². The van der Waals surface area contributed by atoms with E-state index in [0.29, 0.717) is 17.8 Å². The van der Waals surface area contributed by atoms with Gasteiger partial charge in [-0.25, -0.2) is 26.4 Å². The van der Waals surface area contributed by atoms with E-state index in [2.05, 4.69) is 30.2 Å². The molecule has 13 heteroatoms. The zero-order chi connectivity index (χ0) is 41.2. The highest BCUT2D eigenvalue weighted by Crippen LogP contribution is 2.25. The standard InChI is InChI=1S/C25H27NO4S.C19H17NO4S2/c1-25(2,3)21-13-15-23(16-14-21)31(29,30)26-22-6-4-5-19(17-22)8-7-18-9-11-20(12-10-18)24(27)28;21-19(22)16-10-8-14(9-11-16)6-7-15-3-1-4-17(13-15)20-26(23,24)18-5-2-12-25-18/h4-6,9-17,26H,7-8H2,1-3H3,(H,27,28);1-5,8-13,20H,6-7H2,(H,21,22). The lowest BCUT2D eigenvalue weighted by atomic mass is 9.87. The molecule has 0 atom stereocenters. The summed E-state index contributed by atoms with van der Waals surface area (Å²) in [6.45, 7) is 6.25. The van der Waals surface area contributed by atoms with E-state index in [1.807, 2.05) is 48.5 Å². The maximum absolute atomic E-state index is 12.8. The van der Waals surface area contributed by atoms with Crippen molar-refractivity contribution in [1.82, 2.24) is 0 Å². The Hall–Kier alpha value is -5.76. The van der Waals surface area contributed by atoms with Crippen LogP contribution in [-0.2, 0) is 51.1 Å². The first-order valence-corrected chi connectivity index (χ1v) is 21.9. The molecule has 0 bridgehead atoms. The van der Waals surface area contributed by atoms with Gasteiger partial charge in [0.2, 0.25) is 0 Å². The highest BCUT2D eigenvalue weighted by molar-refractivity contribution is 7.94. The Morgan fingerprint density at radius 3 is 1.39 bits per heavy atom. The second kappa shape index (κ2) is 18.5. The van der Waals surface area contributed by atoms with Crippen LogP contribution in [0.2, 0.25) is 0 Å². The summed E-state index contributed by atoms with van der Waals surface area (Å²) >= 11 is 1.17. The smallest absolute Gasteiger partial charge is 0.335 e. The van der Waals surface area contributed by atoms with Crippen LogP contribution in [0.1, 0.15) is 69.3 Å². The number of aryl methyl sites for hydroxylation is 4. The number of carboxylic acids is 2. The number of carbonyl (C=O) groups is 2. The number of carboxylic acid groups (broad SMARTS) is 2. The molecule has 0 radical (unpaired) electrons. The van der Waals surface area contributed by atoms with Crippen LogP contribution >= 0.6 is 11.3 Å². The van der Waals surface area contributed by atoms with Gasteiger partial charge in [0.05, 0.1) is 16.0 Å². The van der Waals surface area contributed by atoms with E-state index in [1.54, 1.807) is 90.3 Å². The summed E-state index contributed by atoms with van der Waals surface area (Å²) in [6, 6.07) is 38.4. The average molecular weight is 825 g/mol. The lowest BCUT2D eigenvalue weighted by Gasteiger charge is -2.19. The fourth-order valence-electron chi connectivity index (χ4n) is 5.76. The van der Waals surface area contributed by atoms with Crippen LogP contribution in [-0.4, -0.2) is 39.0 Å². The first-order valence-electron chi connectivity index (χ1n) is 18.0. The van der Waals surface area contributed by atoms with E-state index in [9.17, 15) is 26.4 Å². The van der Waals surface area contributed by atoms with Gasteiger partial charge in [0, 0.05) is 11.4 Å². The summed E-state index contributed by atoms with van der Waals surface area (Å²) in [4.78, 5) is 22.0. The van der Waals surface area contributed by atoms with Crippen molar-refractivity contribution in [1.29, 1.82) is 0 Å². The molecule has 6 rings (SSSR count). The Morgan fingerprint density at radius 1 is 0.544 bits per heavy atom. The Morgan fingerprint density at radius 2 is 0.982 bits per heavy atom. The molecule has 10 nitrogen and oxygen atoms in total. The maximum Gasteiger partial charge on any atom is 0.335 e. The van der Waals surface area contributed by atoms with Crippen LogP contribution in [0.3, 0.4) is 0 Å². The second-order valence-electron chi connectivity index (χ2n) is 14.3. The summed E-state index contributed by atoms with van der Waals surface area (Å²) in [7, 11) is -7.23. The van der Waals surface area contributed by atoms with E-state index in [1.165, 1.54) is 11.3 Å². The van der Waals surface area contributed by atoms with Gasteiger partial charge >= 0.3 is 11.9 Å². The number of aromatic carboxylic acids is 2. The van der Waals surface area contributed by atoms with Gasteiger partial charge in [-0.15, -0.1) is 11.3 Å². The number of nitrogens with one attached hydrogen (secondary N) is 2. The van der Waals surface area contributed by atoms with Gasteiger partial charge in [0.1, 0.15) is 4.21 Å². The second-order valence-corrected chi connectivity index (χ2v) is 18.9. The minimum Gasteiger partial charge on any atom is -0.478 e. The van der Waals surface area contributed by atoms with E-state index in [-0.39, 0.29) is 25.6 Å². The molecule has 296 valence electrons. The normalized spacial score (nSPS) is 11.6. The van der Waals surface area contributed by atoms with Crippen LogP contribution in [0.15, 0.2) is 148 Å². The molecule has 6 aromatic rings. The van der Waals surface area contributed by atoms with Gasteiger partial charge in [-0.3, -0.25) is 9.44 Å². The van der Waals surface area contributed by atoms with Gasteiger partial charge in [-0.05, 0) is 131 Å². The lowest BCUT2D eigenvalue weighted by Crippen LogP contribution is -2.15. The van der Waals surface area contributed by atoms with E-state index in [0.717, 1.165) is 47.1 Å². The van der Waals surface area contributed by atoms with Crippen LogP contribution in [0.25, 0.3) is 0 Å². The zero-order valence-corrected chi connectivity index (χ0v) is 34.1. The van der Waals surface area contributed by atoms with Crippen molar-refractivity contribution in [3.8, 4) is 0 Å². The van der Waals surface area contributed by atoms with Crippen molar-refractivity contribution >= 4 is 54.7 Å². The molecule has 0 aliphatic rings. The predicted octanol–water partition coefficient (Wildman–Crippen LogP) is 9.30. The maximum atomic E-state index is 12.8. The molecule has 0 fully saturated rings. The number of benzene rings is 5. The van der Waals surface area contributed by atoms with Crippen molar-refractivity contribution in [3.05, 3.63) is 178 Å². The van der Waals surface area contributed by atoms with Crippen LogP contribution in [0.5, 0.6) is 0 Å². The fraction of sp³-hybridized carbons (Fsp3) is 0.182. The zero-order valence-electron chi connectivity index (χ0n) is 31.7. The van der Waals surface area contributed by atoms with Crippen molar-refractivity contribution < 1.29 is 36.6 Å². The number of sulfonamides is 2. The number of hydrogen-bond acceptors (Lipinski definition) is 7. The van der Waals surface area contributed by atoms with E-state index >= 15 is 0 Å². The highest BCUT2D eigenvalue weighted by atomic mass is 32.2. The Kier molecular flexibility index (Phi) is 13.7. The molecule has 0 aliphatic carbocycles. The molecule has 4 N–H and O–H groups in total.